The number of ether oxygens (including phenoxy) is 2. The molecule has 0 bridgehead atoms. The predicted octanol–water partition coefficient (Wildman–Crippen LogP) is 1.37. The first-order valence-corrected chi connectivity index (χ1v) is 5.54. The van der Waals surface area contributed by atoms with Gasteiger partial charge in [0.25, 0.3) is 0 Å². The van der Waals surface area contributed by atoms with Crippen molar-refractivity contribution in [2.24, 2.45) is 0 Å². The van der Waals surface area contributed by atoms with E-state index >= 15 is 0 Å². The highest BCUT2D eigenvalue weighted by atomic mass is 16.5. The van der Waals surface area contributed by atoms with Crippen molar-refractivity contribution in [3.8, 4) is 0 Å². The van der Waals surface area contributed by atoms with Crippen molar-refractivity contribution in [3.63, 3.8) is 0 Å². The maximum absolute atomic E-state index is 5.03. The summed E-state index contributed by atoms with van der Waals surface area (Å²) in [5.41, 5.74) is 0. The number of anilines is 1. The zero-order valence-electron chi connectivity index (χ0n) is 10.3. The SMILES string of the molecule is COCCC(C)Nc1ccn(CCOC)n1. The molecule has 16 heavy (non-hydrogen) atoms. The highest BCUT2D eigenvalue weighted by Crippen LogP contribution is 2.06. The molecule has 92 valence electrons. The normalized spacial score (nSPS) is 12.7. The van der Waals surface area contributed by atoms with Crippen LogP contribution in [0.4, 0.5) is 5.82 Å². The molecule has 1 aromatic rings. The number of nitrogens with one attached hydrogen (secondary N) is 1. The lowest BCUT2D eigenvalue weighted by molar-refractivity contribution is 0.183. The average molecular weight is 227 g/mol. The Morgan fingerprint density at radius 2 is 2.12 bits per heavy atom. The van der Waals surface area contributed by atoms with Gasteiger partial charge in [-0.25, -0.2) is 0 Å². The third-order valence-corrected chi connectivity index (χ3v) is 2.31. The van der Waals surface area contributed by atoms with Gasteiger partial charge in [0.15, 0.2) is 0 Å². The van der Waals surface area contributed by atoms with Gasteiger partial charge in [0.2, 0.25) is 0 Å². The molecular formula is C11H21N3O2. The number of rotatable bonds is 8. The molecule has 0 aromatic carbocycles. The van der Waals surface area contributed by atoms with E-state index < -0.39 is 0 Å². The van der Waals surface area contributed by atoms with Crippen LogP contribution in [0.3, 0.4) is 0 Å². The van der Waals surface area contributed by atoms with E-state index in [1.54, 1.807) is 14.2 Å². The lowest BCUT2D eigenvalue weighted by Crippen LogP contribution is -2.17. The summed E-state index contributed by atoms with van der Waals surface area (Å²) >= 11 is 0. The van der Waals surface area contributed by atoms with E-state index in [9.17, 15) is 0 Å². The second-order valence-electron chi connectivity index (χ2n) is 3.78. The minimum absolute atomic E-state index is 0.366. The Morgan fingerprint density at radius 3 is 2.81 bits per heavy atom. The summed E-state index contributed by atoms with van der Waals surface area (Å²) in [6.45, 7) is 4.34. The number of nitrogens with zero attached hydrogens (tertiary/aromatic N) is 2. The smallest absolute Gasteiger partial charge is 0.148 e. The molecule has 1 N–H and O–H groups in total. The van der Waals surface area contributed by atoms with Gasteiger partial charge in [-0.1, -0.05) is 0 Å². The van der Waals surface area contributed by atoms with Crippen molar-refractivity contribution in [3.05, 3.63) is 12.3 Å². The summed E-state index contributed by atoms with van der Waals surface area (Å²) in [7, 11) is 3.40. The van der Waals surface area contributed by atoms with Crippen molar-refractivity contribution in [2.75, 3.05) is 32.8 Å². The monoisotopic (exact) mass is 227 g/mol. The van der Waals surface area contributed by atoms with E-state index in [2.05, 4.69) is 17.3 Å². The fourth-order valence-electron chi connectivity index (χ4n) is 1.37. The summed E-state index contributed by atoms with van der Waals surface area (Å²) in [5.74, 6) is 0.903. The van der Waals surface area contributed by atoms with Crippen LogP contribution in [0.1, 0.15) is 13.3 Å². The standard InChI is InChI=1S/C11H21N3O2/c1-10(5-8-15-2)12-11-4-6-14(13-11)7-9-16-3/h4,6,10H,5,7-9H2,1-3H3,(H,12,13). The molecule has 1 unspecified atom stereocenters. The summed E-state index contributed by atoms with van der Waals surface area (Å²) in [6, 6.07) is 2.34. The molecule has 0 fully saturated rings. The maximum Gasteiger partial charge on any atom is 0.148 e. The Kier molecular flexibility index (Phi) is 5.88. The number of aromatic nitrogens is 2. The molecule has 1 rings (SSSR count). The lowest BCUT2D eigenvalue weighted by atomic mass is 10.2. The first-order chi connectivity index (χ1) is 7.76. The van der Waals surface area contributed by atoms with Gasteiger partial charge in [-0.2, -0.15) is 5.10 Å². The summed E-state index contributed by atoms with van der Waals surface area (Å²) in [4.78, 5) is 0. The van der Waals surface area contributed by atoms with Crippen LogP contribution in [0.2, 0.25) is 0 Å². The topological polar surface area (TPSA) is 48.3 Å². The van der Waals surface area contributed by atoms with Gasteiger partial charge >= 0.3 is 0 Å². The first kappa shape index (κ1) is 13.0. The van der Waals surface area contributed by atoms with Gasteiger partial charge in [-0.05, 0) is 13.3 Å². The van der Waals surface area contributed by atoms with Crippen LogP contribution < -0.4 is 5.32 Å². The molecule has 5 nitrogen and oxygen atoms in total. The van der Waals surface area contributed by atoms with Gasteiger partial charge in [-0.3, -0.25) is 4.68 Å². The lowest BCUT2D eigenvalue weighted by Gasteiger charge is -2.12. The van der Waals surface area contributed by atoms with Crippen LogP contribution in [0.25, 0.3) is 0 Å². The maximum atomic E-state index is 5.03. The molecule has 5 heteroatoms. The van der Waals surface area contributed by atoms with Crippen LogP contribution >= 0.6 is 0 Å². The van der Waals surface area contributed by atoms with Gasteiger partial charge in [0.05, 0.1) is 13.2 Å². The molecule has 0 aliphatic heterocycles. The molecule has 0 aliphatic carbocycles. The summed E-state index contributed by atoms with van der Waals surface area (Å²) in [5, 5.41) is 7.70. The molecule has 0 radical (unpaired) electrons. The van der Waals surface area contributed by atoms with Crippen molar-refractivity contribution in [2.45, 2.75) is 25.9 Å². The molecule has 0 spiro atoms. The van der Waals surface area contributed by atoms with Gasteiger partial charge < -0.3 is 14.8 Å². The van der Waals surface area contributed by atoms with Crippen LogP contribution in [0.15, 0.2) is 12.3 Å². The van der Waals surface area contributed by atoms with E-state index in [0.29, 0.717) is 12.6 Å². The van der Waals surface area contributed by atoms with E-state index in [1.807, 2.05) is 16.9 Å². The number of methoxy groups -OCH3 is 2. The van der Waals surface area contributed by atoms with E-state index in [0.717, 1.165) is 25.4 Å². The molecule has 0 saturated carbocycles. The van der Waals surface area contributed by atoms with Crippen molar-refractivity contribution in [1.82, 2.24) is 9.78 Å². The van der Waals surface area contributed by atoms with E-state index in [-0.39, 0.29) is 0 Å². The van der Waals surface area contributed by atoms with Gasteiger partial charge in [-0.15, -0.1) is 0 Å². The summed E-state index contributed by atoms with van der Waals surface area (Å²) < 4.78 is 11.9. The highest BCUT2D eigenvalue weighted by Gasteiger charge is 2.04. The van der Waals surface area contributed by atoms with Crippen LogP contribution in [-0.4, -0.2) is 43.3 Å². The van der Waals surface area contributed by atoms with Gasteiger partial charge in [0.1, 0.15) is 5.82 Å². The fourth-order valence-corrected chi connectivity index (χ4v) is 1.37. The molecule has 1 aromatic heterocycles. The fraction of sp³-hybridized carbons (Fsp3) is 0.727. The second kappa shape index (κ2) is 7.24. The Morgan fingerprint density at radius 1 is 1.38 bits per heavy atom. The second-order valence-corrected chi connectivity index (χ2v) is 3.78. The third-order valence-electron chi connectivity index (χ3n) is 2.31. The molecule has 0 saturated heterocycles. The zero-order chi connectivity index (χ0) is 11.8. The van der Waals surface area contributed by atoms with Crippen molar-refractivity contribution < 1.29 is 9.47 Å². The van der Waals surface area contributed by atoms with E-state index in [4.69, 9.17) is 9.47 Å². The first-order valence-electron chi connectivity index (χ1n) is 5.54. The number of hydrogen-bond acceptors (Lipinski definition) is 4. The Labute approximate surface area is 96.7 Å². The van der Waals surface area contributed by atoms with E-state index in [1.165, 1.54) is 0 Å². The Bertz CT molecular complexity index is 289. The minimum atomic E-state index is 0.366. The molecule has 0 aliphatic rings. The van der Waals surface area contributed by atoms with Crippen molar-refractivity contribution in [1.29, 1.82) is 0 Å². The quantitative estimate of drug-likeness (QED) is 0.728. The Hall–Kier alpha value is -1.07. The Balaban J connectivity index is 2.33. The predicted molar refractivity (Wildman–Crippen MR) is 63.7 cm³/mol. The van der Waals surface area contributed by atoms with Crippen LogP contribution in [0, 0.1) is 0 Å². The van der Waals surface area contributed by atoms with Crippen LogP contribution in [-0.2, 0) is 16.0 Å². The summed E-state index contributed by atoms with van der Waals surface area (Å²) in [6.07, 6.45) is 2.92. The number of hydrogen-bond donors (Lipinski definition) is 1. The minimum Gasteiger partial charge on any atom is -0.385 e. The van der Waals surface area contributed by atoms with Crippen molar-refractivity contribution >= 4 is 5.82 Å². The van der Waals surface area contributed by atoms with Crippen LogP contribution in [0.5, 0.6) is 0 Å². The molecule has 1 atom stereocenters. The molecular weight excluding hydrogens is 206 g/mol. The zero-order valence-corrected chi connectivity index (χ0v) is 10.3. The third kappa shape index (κ3) is 4.63. The average Bonchev–Trinajstić information content (AvgIpc) is 2.71. The van der Waals surface area contributed by atoms with Gasteiger partial charge in [0, 0.05) is 39.1 Å². The largest absolute Gasteiger partial charge is 0.385 e. The highest BCUT2D eigenvalue weighted by molar-refractivity contribution is 5.33. The molecule has 1 heterocycles. The molecule has 0 amide bonds.